The predicted molar refractivity (Wildman–Crippen MR) is 74.7 cm³/mol. The Balaban J connectivity index is 2.91. The summed E-state index contributed by atoms with van der Waals surface area (Å²) >= 11 is 0. The summed E-state index contributed by atoms with van der Waals surface area (Å²) in [6, 6.07) is 7.46. The highest BCUT2D eigenvalue weighted by Gasteiger charge is 2.21. The van der Waals surface area contributed by atoms with Gasteiger partial charge in [0.1, 0.15) is 0 Å². The van der Waals surface area contributed by atoms with E-state index in [0.717, 1.165) is 25.2 Å². The lowest BCUT2D eigenvalue weighted by atomic mass is 10.0. The molecule has 0 spiro atoms. The largest absolute Gasteiger partial charge is 0.464 e. The van der Waals surface area contributed by atoms with E-state index in [1.165, 1.54) is 0 Å². The van der Waals surface area contributed by atoms with Crippen LogP contribution in [0.3, 0.4) is 0 Å². The van der Waals surface area contributed by atoms with Crippen LogP contribution in [-0.4, -0.2) is 35.7 Å². The standard InChI is InChI=1S/C15H23NO3/c1-4-16(5-2)11-12-9-7-8-10-13(12)14(17)15(18)19-6-3/h7-10,14,17H,4-6,11H2,1-3H3. The summed E-state index contributed by atoms with van der Waals surface area (Å²) in [5.74, 6) is -0.588. The van der Waals surface area contributed by atoms with Crippen LogP contribution in [0.1, 0.15) is 38.0 Å². The van der Waals surface area contributed by atoms with Crippen LogP contribution in [0.25, 0.3) is 0 Å². The molecule has 0 aliphatic carbocycles. The fraction of sp³-hybridized carbons (Fsp3) is 0.533. The Morgan fingerprint density at radius 2 is 1.89 bits per heavy atom. The van der Waals surface area contributed by atoms with Gasteiger partial charge in [-0.1, -0.05) is 38.1 Å². The Kier molecular flexibility index (Phi) is 6.53. The number of ether oxygens (including phenoxy) is 1. The first kappa shape index (κ1) is 15.7. The maximum atomic E-state index is 11.6. The third-order valence-corrected chi connectivity index (χ3v) is 3.15. The average Bonchev–Trinajstić information content (AvgIpc) is 2.44. The van der Waals surface area contributed by atoms with Gasteiger partial charge < -0.3 is 9.84 Å². The van der Waals surface area contributed by atoms with Crippen molar-refractivity contribution in [3.8, 4) is 0 Å². The minimum Gasteiger partial charge on any atom is -0.464 e. The van der Waals surface area contributed by atoms with E-state index in [2.05, 4.69) is 18.7 Å². The van der Waals surface area contributed by atoms with Crippen LogP contribution in [0.4, 0.5) is 0 Å². The van der Waals surface area contributed by atoms with Gasteiger partial charge >= 0.3 is 5.97 Å². The van der Waals surface area contributed by atoms with E-state index in [4.69, 9.17) is 4.74 Å². The van der Waals surface area contributed by atoms with Crippen LogP contribution < -0.4 is 0 Å². The number of hydrogen-bond donors (Lipinski definition) is 1. The number of carbonyl (C=O) groups excluding carboxylic acids is 1. The van der Waals surface area contributed by atoms with Gasteiger partial charge in [0.15, 0.2) is 6.10 Å². The monoisotopic (exact) mass is 265 g/mol. The number of esters is 1. The Morgan fingerprint density at radius 3 is 2.47 bits per heavy atom. The van der Waals surface area contributed by atoms with Crippen LogP contribution in [-0.2, 0) is 16.1 Å². The highest BCUT2D eigenvalue weighted by Crippen LogP contribution is 2.20. The molecular weight excluding hydrogens is 242 g/mol. The molecule has 1 unspecified atom stereocenters. The summed E-state index contributed by atoms with van der Waals surface area (Å²) in [7, 11) is 0. The summed E-state index contributed by atoms with van der Waals surface area (Å²) in [6.45, 7) is 8.77. The van der Waals surface area contributed by atoms with Crippen molar-refractivity contribution >= 4 is 5.97 Å². The molecule has 106 valence electrons. The Labute approximate surface area is 115 Å². The van der Waals surface area contributed by atoms with Crippen molar-refractivity contribution in [3.63, 3.8) is 0 Å². The lowest BCUT2D eigenvalue weighted by Gasteiger charge is -2.21. The molecule has 1 rings (SSSR count). The van der Waals surface area contributed by atoms with Crippen molar-refractivity contribution in [2.45, 2.75) is 33.4 Å². The Morgan fingerprint density at radius 1 is 1.26 bits per heavy atom. The van der Waals surface area contributed by atoms with Crippen LogP contribution in [0.2, 0.25) is 0 Å². The molecule has 1 aromatic rings. The van der Waals surface area contributed by atoms with Crippen molar-refractivity contribution in [3.05, 3.63) is 35.4 Å². The van der Waals surface area contributed by atoms with Gasteiger partial charge in [0, 0.05) is 6.54 Å². The molecule has 4 heteroatoms. The van der Waals surface area contributed by atoms with Crippen molar-refractivity contribution in [1.82, 2.24) is 4.90 Å². The molecule has 19 heavy (non-hydrogen) atoms. The van der Waals surface area contributed by atoms with Crippen molar-refractivity contribution in [1.29, 1.82) is 0 Å². The molecule has 0 aromatic heterocycles. The molecule has 0 aliphatic heterocycles. The van der Waals surface area contributed by atoms with Gasteiger partial charge in [-0.05, 0) is 31.1 Å². The average molecular weight is 265 g/mol. The zero-order valence-corrected chi connectivity index (χ0v) is 11.9. The third-order valence-electron chi connectivity index (χ3n) is 3.15. The molecule has 0 fully saturated rings. The van der Waals surface area contributed by atoms with E-state index in [1.807, 2.05) is 18.2 Å². The second kappa shape index (κ2) is 7.92. The maximum Gasteiger partial charge on any atom is 0.339 e. The number of carbonyl (C=O) groups is 1. The van der Waals surface area contributed by atoms with E-state index in [9.17, 15) is 9.90 Å². The van der Waals surface area contributed by atoms with E-state index in [-0.39, 0.29) is 6.61 Å². The molecule has 0 saturated carbocycles. The summed E-state index contributed by atoms with van der Waals surface area (Å²) < 4.78 is 4.87. The van der Waals surface area contributed by atoms with Crippen LogP contribution in [0, 0.1) is 0 Å². The fourth-order valence-corrected chi connectivity index (χ4v) is 1.98. The first-order chi connectivity index (χ1) is 9.13. The number of benzene rings is 1. The number of nitrogens with zero attached hydrogens (tertiary/aromatic N) is 1. The molecule has 4 nitrogen and oxygen atoms in total. The van der Waals surface area contributed by atoms with Crippen LogP contribution in [0.15, 0.2) is 24.3 Å². The summed E-state index contributed by atoms with van der Waals surface area (Å²) in [5, 5.41) is 10.1. The minimum absolute atomic E-state index is 0.272. The number of hydrogen-bond acceptors (Lipinski definition) is 4. The van der Waals surface area contributed by atoms with Crippen molar-refractivity contribution in [2.24, 2.45) is 0 Å². The zero-order chi connectivity index (χ0) is 14.3. The maximum absolute atomic E-state index is 11.6. The Bertz CT molecular complexity index is 402. The van der Waals surface area contributed by atoms with Crippen molar-refractivity contribution < 1.29 is 14.6 Å². The van der Waals surface area contributed by atoms with Crippen molar-refractivity contribution in [2.75, 3.05) is 19.7 Å². The smallest absolute Gasteiger partial charge is 0.339 e. The summed E-state index contributed by atoms with van der Waals surface area (Å²) in [5.41, 5.74) is 1.60. The molecular formula is C15H23NO3. The molecule has 0 saturated heterocycles. The normalized spacial score (nSPS) is 12.5. The summed E-state index contributed by atoms with van der Waals surface area (Å²) in [4.78, 5) is 13.9. The SMILES string of the molecule is CCOC(=O)C(O)c1ccccc1CN(CC)CC. The molecule has 1 aromatic carbocycles. The number of rotatable bonds is 7. The predicted octanol–water partition coefficient (Wildman–Crippen LogP) is 2.12. The van der Waals surface area contributed by atoms with Gasteiger partial charge in [0.05, 0.1) is 6.61 Å². The van der Waals surface area contributed by atoms with E-state index >= 15 is 0 Å². The van der Waals surface area contributed by atoms with Gasteiger partial charge in [0.25, 0.3) is 0 Å². The van der Waals surface area contributed by atoms with Gasteiger partial charge in [-0.2, -0.15) is 0 Å². The highest BCUT2D eigenvalue weighted by molar-refractivity contribution is 5.76. The summed E-state index contributed by atoms with van der Waals surface area (Å²) in [6.07, 6.45) is -1.20. The third kappa shape index (κ3) is 4.33. The van der Waals surface area contributed by atoms with E-state index < -0.39 is 12.1 Å². The first-order valence-corrected chi connectivity index (χ1v) is 6.78. The zero-order valence-electron chi connectivity index (χ0n) is 11.9. The minimum atomic E-state index is -1.20. The molecule has 0 aliphatic rings. The fourth-order valence-electron chi connectivity index (χ4n) is 1.98. The highest BCUT2D eigenvalue weighted by atomic mass is 16.5. The first-order valence-electron chi connectivity index (χ1n) is 6.78. The Hall–Kier alpha value is -1.39. The lowest BCUT2D eigenvalue weighted by molar-refractivity contribution is -0.153. The number of aliphatic hydroxyl groups excluding tert-OH is 1. The quantitative estimate of drug-likeness (QED) is 0.767. The second-order valence-electron chi connectivity index (χ2n) is 4.31. The van der Waals surface area contributed by atoms with Crippen LogP contribution in [0.5, 0.6) is 0 Å². The molecule has 0 amide bonds. The van der Waals surface area contributed by atoms with E-state index in [0.29, 0.717) is 5.56 Å². The van der Waals surface area contributed by atoms with Crippen LogP contribution >= 0.6 is 0 Å². The number of aliphatic hydroxyl groups is 1. The lowest BCUT2D eigenvalue weighted by Crippen LogP contribution is -2.24. The molecule has 0 radical (unpaired) electrons. The van der Waals surface area contributed by atoms with Gasteiger partial charge in [-0.15, -0.1) is 0 Å². The molecule has 0 bridgehead atoms. The molecule has 1 N–H and O–H groups in total. The molecule has 1 atom stereocenters. The van der Waals surface area contributed by atoms with Gasteiger partial charge in [-0.3, -0.25) is 4.90 Å². The molecule has 0 heterocycles. The van der Waals surface area contributed by atoms with Gasteiger partial charge in [0.2, 0.25) is 0 Å². The van der Waals surface area contributed by atoms with E-state index in [1.54, 1.807) is 13.0 Å². The van der Waals surface area contributed by atoms with Gasteiger partial charge in [-0.25, -0.2) is 4.79 Å². The second-order valence-corrected chi connectivity index (χ2v) is 4.31. The topological polar surface area (TPSA) is 49.8 Å².